The Kier molecular flexibility index (Phi) is 4.46. The van der Waals surface area contributed by atoms with Crippen LogP contribution >= 0.6 is 11.6 Å². The van der Waals surface area contributed by atoms with Gasteiger partial charge >= 0.3 is 0 Å². The van der Waals surface area contributed by atoms with Gasteiger partial charge in [0.05, 0.1) is 6.07 Å². The average Bonchev–Trinajstić information content (AvgIpc) is 2.42. The zero-order chi connectivity index (χ0) is 13.9. The minimum Gasteiger partial charge on any atom is -0.297 e. The van der Waals surface area contributed by atoms with Gasteiger partial charge in [-0.25, -0.2) is 0 Å². The lowest BCUT2D eigenvalue weighted by Crippen LogP contribution is -2.53. The highest BCUT2D eigenvalue weighted by Gasteiger charge is 2.29. The third-order valence-corrected chi connectivity index (χ3v) is 4.01. The minimum atomic E-state index is -0.355. The SMILES string of the molecule is CC(C)(C#N)N1CCN(Cc2ccc(Cl)cc2)CC1. The van der Waals surface area contributed by atoms with E-state index in [9.17, 15) is 0 Å². The molecule has 1 aliphatic rings. The van der Waals surface area contributed by atoms with Gasteiger partial charge in [-0.15, -0.1) is 0 Å². The molecule has 0 amide bonds. The third-order valence-electron chi connectivity index (χ3n) is 3.76. The van der Waals surface area contributed by atoms with Crippen molar-refractivity contribution in [3.63, 3.8) is 0 Å². The number of nitriles is 1. The van der Waals surface area contributed by atoms with Crippen LogP contribution in [-0.4, -0.2) is 41.5 Å². The fourth-order valence-corrected chi connectivity index (χ4v) is 2.51. The van der Waals surface area contributed by atoms with Gasteiger partial charge in [-0.1, -0.05) is 23.7 Å². The van der Waals surface area contributed by atoms with Crippen LogP contribution in [-0.2, 0) is 6.54 Å². The molecule has 0 aliphatic carbocycles. The predicted octanol–water partition coefficient (Wildman–Crippen LogP) is 2.76. The Morgan fingerprint density at radius 1 is 1.16 bits per heavy atom. The van der Waals surface area contributed by atoms with Gasteiger partial charge in [-0.2, -0.15) is 5.26 Å². The van der Waals surface area contributed by atoms with Gasteiger partial charge in [0.25, 0.3) is 0 Å². The molecule has 1 aromatic carbocycles. The number of hydrogen-bond donors (Lipinski definition) is 0. The van der Waals surface area contributed by atoms with Crippen LogP contribution in [0.2, 0.25) is 5.02 Å². The van der Waals surface area contributed by atoms with Gasteiger partial charge in [-0.3, -0.25) is 9.80 Å². The fraction of sp³-hybridized carbons (Fsp3) is 0.533. The van der Waals surface area contributed by atoms with Gasteiger partial charge in [0.2, 0.25) is 0 Å². The minimum absolute atomic E-state index is 0.355. The molecule has 1 saturated heterocycles. The van der Waals surface area contributed by atoms with Crippen LogP contribution in [0.4, 0.5) is 0 Å². The van der Waals surface area contributed by atoms with Crippen molar-refractivity contribution >= 4 is 11.6 Å². The molecule has 1 aromatic rings. The van der Waals surface area contributed by atoms with E-state index in [2.05, 4.69) is 28.0 Å². The van der Waals surface area contributed by atoms with Gasteiger partial charge < -0.3 is 0 Å². The molecule has 0 radical (unpaired) electrons. The van der Waals surface area contributed by atoms with Gasteiger partial charge in [0.15, 0.2) is 0 Å². The normalized spacial score (nSPS) is 18.2. The van der Waals surface area contributed by atoms with Crippen LogP contribution in [0.3, 0.4) is 0 Å². The summed E-state index contributed by atoms with van der Waals surface area (Å²) in [6, 6.07) is 10.4. The van der Waals surface area contributed by atoms with Crippen LogP contribution in [0.25, 0.3) is 0 Å². The molecule has 19 heavy (non-hydrogen) atoms. The molecule has 1 heterocycles. The van der Waals surface area contributed by atoms with Gasteiger partial charge in [0.1, 0.15) is 5.54 Å². The van der Waals surface area contributed by atoms with Crippen molar-refractivity contribution in [1.29, 1.82) is 5.26 Å². The smallest absolute Gasteiger partial charge is 0.103 e. The van der Waals surface area contributed by atoms with Crippen LogP contribution in [0, 0.1) is 11.3 Å². The summed E-state index contributed by atoms with van der Waals surface area (Å²) in [6.45, 7) is 8.85. The fourth-order valence-electron chi connectivity index (χ4n) is 2.38. The van der Waals surface area contributed by atoms with E-state index in [0.717, 1.165) is 37.7 Å². The van der Waals surface area contributed by atoms with E-state index in [0.29, 0.717) is 0 Å². The maximum Gasteiger partial charge on any atom is 0.103 e. The number of halogens is 1. The second kappa shape index (κ2) is 5.92. The Balaban J connectivity index is 1.87. The highest BCUT2D eigenvalue weighted by Crippen LogP contribution is 2.17. The highest BCUT2D eigenvalue weighted by atomic mass is 35.5. The molecule has 0 bridgehead atoms. The second-order valence-electron chi connectivity index (χ2n) is 5.56. The van der Waals surface area contributed by atoms with E-state index in [4.69, 9.17) is 16.9 Å². The number of benzene rings is 1. The van der Waals surface area contributed by atoms with Crippen molar-refractivity contribution in [2.45, 2.75) is 25.9 Å². The van der Waals surface area contributed by atoms with Crippen molar-refractivity contribution in [2.75, 3.05) is 26.2 Å². The molecule has 102 valence electrons. The first kappa shape index (κ1) is 14.3. The Morgan fingerprint density at radius 3 is 2.26 bits per heavy atom. The molecular formula is C15H20ClN3. The summed E-state index contributed by atoms with van der Waals surface area (Å²) < 4.78 is 0. The Labute approximate surface area is 120 Å². The zero-order valence-corrected chi connectivity index (χ0v) is 12.3. The van der Waals surface area contributed by atoms with E-state index in [1.54, 1.807) is 0 Å². The summed E-state index contributed by atoms with van der Waals surface area (Å²) in [7, 11) is 0. The molecule has 4 heteroatoms. The lowest BCUT2D eigenvalue weighted by molar-refractivity contribution is 0.0764. The van der Waals surface area contributed by atoms with E-state index in [-0.39, 0.29) is 5.54 Å². The van der Waals surface area contributed by atoms with Crippen LogP contribution in [0.15, 0.2) is 24.3 Å². The molecule has 0 N–H and O–H groups in total. The van der Waals surface area contributed by atoms with Crippen molar-refractivity contribution < 1.29 is 0 Å². The maximum atomic E-state index is 9.16. The summed E-state index contributed by atoms with van der Waals surface area (Å²) in [4.78, 5) is 4.68. The maximum absolute atomic E-state index is 9.16. The van der Waals surface area contributed by atoms with Crippen molar-refractivity contribution in [3.05, 3.63) is 34.9 Å². The molecular weight excluding hydrogens is 258 g/mol. The second-order valence-corrected chi connectivity index (χ2v) is 6.00. The zero-order valence-electron chi connectivity index (χ0n) is 11.6. The summed E-state index contributed by atoms with van der Waals surface area (Å²) in [5, 5.41) is 9.94. The Hall–Kier alpha value is -1.08. The van der Waals surface area contributed by atoms with Crippen LogP contribution in [0.5, 0.6) is 0 Å². The Bertz CT molecular complexity index is 453. The van der Waals surface area contributed by atoms with Crippen molar-refractivity contribution in [3.8, 4) is 6.07 Å². The lowest BCUT2D eigenvalue weighted by atomic mass is 10.0. The predicted molar refractivity (Wildman–Crippen MR) is 78.0 cm³/mol. The van der Waals surface area contributed by atoms with E-state index in [1.807, 2.05) is 26.0 Å². The van der Waals surface area contributed by atoms with Gasteiger partial charge in [-0.05, 0) is 31.5 Å². The number of piperazine rings is 1. The monoisotopic (exact) mass is 277 g/mol. The molecule has 1 fully saturated rings. The van der Waals surface area contributed by atoms with E-state index < -0.39 is 0 Å². The molecule has 0 spiro atoms. The lowest BCUT2D eigenvalue weighted by Gasteiger charge is -2.40. The van der Waals surface area contributed by atoms with Crippen molar-refractivity contribution in [2.24, 2.45) is 0 Å². The average molecular weight is 278 g/mol. The largest absolute Gasteiger partial charge is 0.297 e. The first-order valence-electron chi connectivity index (χ1n) is 6.64. The molecule has 0 atom stereocenters. The topological polar surface area (TPSA) is 30.3 Å². The highest BCUT2D eigenvalue weighted by molar-refractivity contribution is 6.30. The Morgan fingerprint density at radius 2 is 1.74 bits per heavy atom. The number of nitrogens with zero attached hydrogens (tertiary/aromatic N) is 3. The van der Waals surface area contributed by atoms with Gasteiger partial charge in [0, 0.05) is 37.7 Å². The van der Waals surface area contributed by atoms with Crippen LogP contribution in [0.1, 0.15) is 19.4 Å². The standard InChI is InChI=1S/C15H20ClN3/c1-15(2,12-17)19-9-7-18(8-10-19)11-13-3-5-14(16)6-4-13/h3-6H,7-11H2,1-2H3. The summed E-state index contributed by atoms with van der Waals surface area (Å²) in [5.41, 5.74) is 0.934. The summed E-state index contributed by atoms with van der Waals surface area (Å²) >= 11 is 5.89. The summed E-state index contributed by atoms with van der Waals surface area (Å²) in [6.07, 6.45) is 0. The first-order valence-corrected chi connectivity index (χ1v) is 7.02. The number of hydrogen-bond acceptors (Lipinski definition) is 3. The molecule has 0 saturated carbocycles. The number of rotatable bonds is 3. The molecule has 0 unspecified atom stereocenters. The quantitative estimate of drug-likeness (QED) is 0.851. The molecule has 2 rings (SSSR count). The molecule has 0 aromatic heterocycles. The van der Waals surface area contributed by atoms with Crippen LogP contribution < -0.4 is 0 Å². The van der Waals surface area contributed by atoms with Crippen molar-refractivity contribution in [1.82, 2.24) is 9.80 Å². The molecule has 3 nitrogen and oxygen atoms in total. The first-order chi connectivity index (χ1) is 9.01. The summed E-state index contributed by atoms with van der Waals surface area (Å²) in [5.74, 6) is 0. The third kappa shape index (κ3) is 3.70. The van der Waals surface area contributed by atoms with E-state index in [1.165, 1.54) is 5.56 Å². The van der Waals surface area contributed by atoms with E-state index >= 15 is 0 Å². The molecule has 1 aliphatic heterocycles.